The van der Waals surface area contributed by atoms with Crippen molar-refractivity contribution in [2.75, 3.05) is 18.2 Å². The van der Waals surface area contributed by atoms with Gasteiger partial charge in [0.1, 0.15) is 5.75 Å². The highest BCUT2D eigenvalue weighted by Gasteiger charge is 2.61. The number of nitrogens with one attached hydrogen (secondary N) is 1. The summed E-state index contributed by atoms with van der Waals surface area (Å²) in [5.41, 5.74) is 9.99. The Balaban J connectivity index is 0.00000169. The zero-order chi connectivity index (χ0) is 16.0. The van der Waals surface area contributed by atoms with Gasteiger partial charge in [0.05, 0.1) is 12.8 Å². The van der Waals surface area contributed by atoms with E-state index in [4.69, 9.17) is 10.5 Å². The summed E-state index contributed by atoms with van der Waals surface area (Å²) in [6, 6.07) is 13.9. The van der Waals surface area contributed by atoms with Crippen LogP contribution in [0.5, 0.6) is 5.75 Å². The van der Waals surface area contributed by atoms with Crippen LogP contribution in [0.1, 0.15) is 24.0 Å². The Morgan fingerprint density at radius 3 is 2.83 bits per heavy atom. The van der Waals surface area contributed by atoms with Crippen LogP contribution >= 0.6 is 12.4 Å². The molecule has 4 nitrogen and oxygen atoms in total. The predicted octanol–water partition coefficient (Wildman–Crippen LogP) is 3.54. The number of hydrogen-bond donors (Lipinski definition) is 2. The minimum atomic E-state index is 0. The molecule has 3 N–H and O–H groups in total. The Labute approximate surface area is 147 Å². The number of nitrogens with two attached hydrogens (primary N) is 1. The first kappa shape index (κ1) is 16.7. The number of carbonyl (C=O) groups is 1. The monoisotopic (exact) mass is 344 g/mol. The lowest BCUT2D eigenvalue weighted by Gasteiger charge is -2.12. The van der Waals surface area contributed by atoms with E-state index in [0.717, 1.165) is 24.9 Å². The molecule has 4 rings (SSSR count). The zero-order valence-electron chi connectivity index (χ0n) is 13.5. The predicted molar refractivity (Wildman–Crippen MR) is 97.8 cm³/mol. The van der Waals surface area contributed by atoms with Crippen LogP contribution in [-0.2, 0) is 16.6 Å². The van der Waals surface area contributed by atoms with Crippen LogP contribution in [0.4, 0.5) is 11.4 Å². The average molecular weight is 345 g/mol. The van der Waals surface area contributed by atoms with Gasteiger partial charge in [-0.2, -0.15) is 0 Å². The van der Waals surface area contributed by atoms with Crippen molar-refractivity contribution < 1.29 is 9.53 Å². The van der Waals surface area contributed by atoms with Gasteiger partial charge < -0.3 is 15.8 Å². The standard InChI is InChI=1S/C19H20N2O2.ClH/c1-23-17-7-6-13(10-16(17)20)21-18(22)15-11-19(15)9-8-12-4-2-3-5-14(12)19;/h2-7,10,15H,8-9,11,20H2,1H3,(H,21,22);1H. The number of rotatable bonds is 3. The number of halogens is 1. The van der Waals surface area contributed by atoms with Crippen LogP contribution in [0.25, 0.3) is 0 Å². The molecule has 0 aromatic heterocycles. The Kier molecular flexibility index (Phi) is 4.18. The zero-order valence-corrected chi connectivity index (χ0v) is 14.4. The van der Waals surface area contributed by atoms with E-state index in [2.05, 4.69) is 29.6 Å². The molecule has 1 fully saturated rings. The number of aryl methyl sites for hydroxylation is 1. The van der Waals surface area contributed by atoms with Crippen molar-refractivity contribution in [2.24, 2.45) is 5.92 Å². The third kappa shape index (κ3) is 2.51. The molecule has 0 aliphatic heterocycles. The summed E-state index contributed by atoms with van der Waals surface area (Å²) in [5.74, 6) is 0.774. The average Bonchev–Trinajstić information content (AvgIpc) is 3.18. The normalized spacial score (nSPS) is 23.3. The van der Waals surface area contributed by atoms with Gasteiger partial charge in [0.25, 0.3) is 0 Å². The lowest BCUT2D eigenvalue weighted by Crippen LogP contribution is -2.19. The fourth-order valence-electron chi connectivity index (χ4n) is 3.98. The summed E-state index contributed by atoms with van der Waals surface area (Å²) in [5, 5.41) is 3.00. The second-order valence-corrected chi connectivity index (χ2v) is 6.52. The van der Waals surface area contributed by atoms with Crippen molar-refractivity contribution in [2.45, 2.75) is 24.7 Å². The lowest BCUT2D eigenvalue weighted by atomic mass is 9.95. The number of fused-ring (bicyclic) bond motifs is 2. The second-order valence-electron chi connectivity index (χ2n) is 6.52. The summed E-state index contributed by atoms with van der Waals surface area (Å²) >= 11 is 0. The van der Waals surface area contributed by atoms with E-state index >= 15 is 0 Å². The Morgan fingerprint density at radius 2 is 2.08 bits per heavy atom. The SMILES string of the molecule is COc1ccc(NC(=O)C2CC23CCc2ccccc23)cc1N.Cl. The number of carbonyl (C=O) groups excluding carboxylic acids is 1. The van der Waals surface area contributed by atoms with Crippen molar-refractivity contribution >= 4 is 29.7 Å². The molecule has 0 radical (unpaired) electrons. The molecule has 2 aromatic rings. The molecular formula is C19H21ClN2O2. The number of hydrogen-bond acceptors (Lipinski definition) is 3. The van der Waals surface area contributed by atoms with Gasteiger partial charge in [-0.25, -0.2) is 0 Å². The minimum Gasteiger partial charge on any atom is -0.495 e. The van der Waals surface area contributed by atoms with Gasteiger partial charge in [-0.15, -0.1) is 12.4 Å². The van der Waals surface area contributed by atoms with Gasteiger partial charge in [-0.1, -0.05) is 24.3 Å². The molecule has 0 heterocycles. The summed E-state index contributed by atoms with van der Waals surface area (Å²) in [7, 11) is 1.58. The highest BCUT2D eigenvalue weighted by molar-refractivity contribution is 5.97. The molecular weight excluding hydrogens is 324 g/mol. The van der Waals surface area contributed by atoms with Crippen molar-refractivity contribution in [1.82, 2.24) is 0 Å². The van der Waals surface area contributed by atoms with E-state index in [1.54, 1.807) is 19.2 Å². The first-order valence-corrected chi connectivity index (χ1v) is 7.97. The largest absolute Gasteiger partial charge is 0.495 e. The molecule has 2 atom stereocenters. The van der Waals surface area contributed by atoms with Crippen LogP contribution in [-0.4, -0.2) is 13.0 Å². The Morgan fingerprint density at radius 1 is 1.29 bits per heavy atom. The topological polar surface area (TPSA) is 64.3 Å². The van der Waals surface area contributed by atoms with Gasteiger partial charge in [0, 0.05) is 17.0 Å². The first-order valence-electron chi connectivity index (χ1n) is 7.97. The minimum absolute atomic E-state index is 0. The van der Waals surface area contributed by atoms with E-state index < -0.39 is 0 Å². The maximum absolute atomic E-state index is 12.6. The molecule has 2 unspecified atom stereocenters. The molecule has 24 heavy (non-hydrogen) atoms. The maximum Gasteiger partial charge on any atom is 0.228 e. The summed E-state index contributed by atoms with van der Waals surface area (Å²) in [6.07, 6.45) is 3.10. The Hall–Kier alpha value is -2.20. The quantitative estimate of drug-likeness (QED) is 0.837. The van der Waals surface area contributed by atoms with Crippen molar-refractivity contribution in [3.63, 3.8) is 0 Å². The molecule has 0 bridgehead atoms. The van der Waals surface area contributed by atoms with E-state index in [1.165, 1.54) is 11.1 Å². The van der Waals surface area contributed by atoms with Crippen molar-refractivity contribution in [3.05, 3.63) is 53.6 Å². The van der Waals surface area contributed by atoms with E-state index in [9.17, 15) is 4.79 Å². The van der Waals surface area contributed by atoms with Crippen LogP contribution in [0.3, 0.4) is 0 Å². The fourth-order valence-corrected chi connectivity index (χ4v) is 3.98. The molecule has 2 aliphatic carbocycles. The Bertz CT molecular complexity index is 793. The van der Waals surface area contributed by atoms with Gasteiger partial charge in [-0.3, -0.25) is 4.79 Å². The fraction of sp³-hybridized carbons (Fsp3) is 0.316. The number of amides is 1. The number of methoxy groups -OCH3 is 1. The van der Waals surface area contributed by atoms with E-state index in [0.29, 0.717) is 11.4 Å². The first-order chi connectivity index (χ1) is 11.1. The second kappa shape index (κ2) is 6.02. The van der Waals surface area contributed by atoms with Crippen LogP contribution in [0.2, 0.25) is 0 Å². The lowest BCUT2D eigenvalue weighted by molar-refractivity contribution is -0.117. The third-order valence-electron chi connectivity index (χ3n) is 5.28. The molecule has 0 saturated heterocycles. The molecule has 2 aliphatic rings. The summed E-state index contributed by atoms with van der Waals surface area (Å²) in [4.78, 5) is 12.6. The van der Waals surface area contributed by atoms with Gasteiger partial charge in [-0.05, 0) is 48.6 Å². The summed E-state index contributed by atoms with van der Waals surface area (Å²) < 4.78 is 5.14. The molecule has 1 amide bonds. The number of ether oxygens (including phenoxy) is 1. The third-order valence-corrected chi connectivity index (χ3v) is 5.28. The molecule has 5 heteroatoms. The molecule has 1 saturated carbocycles. The van der Waals surface area contributed by atoms with Gasteiger partial charge >= 0.3 is 0 Å². The summed E-state index contributed by atoms with van der Waals surface area (Å²) in [6.45, 7) is 0. The van der Waals surface area contributed by atoms with Crippen LogP contribution in [0, 0.1) is 5.92 Å². The number of benzene rings is 2. The van der Waals surface area contributed by atoms with Crippen LogP contribution in [0.15, 0.2) is 42.5 Å². The molecule has 2 aromatic carbocycles. The highest BCUT2D eigenvalue weighted by Crippen LogP contribution is 2.61. The van der Waals surface area contributed by atoms with Gasteiger partial charge in [0.2, 0.25) is 5.91 Å². The number of nitrogen functional groups attached to an aromatic ring is 1. The molecule has 126 valence electrons. The maximum atomic E-state index is 12.6. The molecule has 1 spiro atoms. The van der Waals surface area contributed by atoms with Crippen molar-refractivity contribution in [1.29, 1.82) is 0 Å². The van der Waals surface area contributed by atoms with Gasteiger partial charge in [0.15, 0.2) is 0 Å². The van der Waals surface area contributed by atoms with E-state index in [-0.39, 0.29) is 29.6 Å². The smallest absolute Gasteiger partial charge is 0.228 e. The highest BCUT2D eigenvalue weighted by atomic mass is 35.5. The van der Waals surface area contributed by atoms with E-state index in [1.807, 2.05) is 6.07 Å². The van der Waals surface area contributed by atoms with Crippen LogP contribution < -0.4 is 15.8 Å². The number of anilines is 2. The van der Waals surface area contributed by atoms with Crippen molar-refractivity contribution in [3.8, 4) is 5.75 Å².